The van der Waals surface area contributed by atoms with Gasteiger partial charge in [-0.3, -0.25) is 0 Å². The van der Waals surface area contributed by atoms with Gasteiger partial charge in [0, 0.05) is 6.04 Å². The maximum absolute atomic E-state index is 13.2. The zero-order valence-corrected chi connectivity index (χ0v) is 9.40. The highest BCUT2D eigenvalue weighted by atomic mass is 35.5. The van der Waals surface area contributed by atoms with E-state index < -0.39 is 0 Å². The van der Waals surface area contributed by atoms with Gasteiger partial charge in [0.1, 0.15) is 5.82 Å². The molecule has 1 aromatic carbocycles. The molecule has 1 rings (SSSR count). The van der Waals surface area contributed by atoms with E-state index in [1.54, 1.807) is 6.07 Å². The van der Waals surface area contributed by atoms with Crippen molar-refractivity contribution in [1.29, 1.82) is 0 Å². The van der Waals surface area contributed by atoms with Crippen molar-refractivity contribution in [2.24, 2.45) is 5.92 Å². The third-order valence-corrected chi connectivity index (χ3v) is 2.69. The monoisotopic (exact) mass is 215 g/mol. The smallest absolute Gasteiger partial charge is 0.142 e. The molecule has 1 nitrogen and oxygen atoms in total. The van der Waals surface area contributed by atoms with E-state index in [1.165, 1.54) is 6.07 Å². The fourth-order valence-electron chi connectivity index (χ4n) is 1.61. The molecular formula is C11H15ClFN. The third kappa shape index (κ3) is 2.25. The topological polar surface area (TPSA) is 12.0 Å². The second-order valence-electron chi connectivity index (χ2n) is 3.65. The molecule has 0 amide bonds. The molecular weight excluding hydrogens is 201 g/mol. The highest BCUT2D eigenvalue weighted by Crippen LogP contribution is 2.29. The Morgan fingerprint density at radius 3 is 2.50 bits per heavy atom. The van der Waals surface area contributed by atoms with Gasteiger partial charge in [0.05, 0.1) is 5.02 Å². The lowest BCUT2D eigenvalue weighted by molar-refractivity contribution is 0.441. The van der Waals surface area contributed by atoms with Crippen LogP contribution in [0.15, 0.2) is 18.2 Å². The zero-order chi connectivity index (χ0) is 10.7. The Morgan fingerprint density at radius 1 is 1.36 bits per heavy atom. The van der Waals surface area contributed by atoms with Crippen LogP contribution >= 0.6 is 11.6 Å². The minimum Gasteiger partial charge on any atom is -0.313 e. The number of nitrogens with one attached hydrogen (secondary N) is 1. The summed E-state index contributed by atoms with van der Waals surface area (Å²) >= 11 is 5.90. The van der Waals surface area contributed by atoms with Gasteiger partial charge >= 0.3 is 0 Å². The molecule has 78 valence electrons. The van der Waals surface area contributed by atoms with Crippen LogP contribution in [-0.4, -0.2) is 7.05 Å². The van der Waals surface area contributed by atoms with Crippen molar-refractivity contribution in [3.05, 3.63) is 34.6 Å². The Morgan fingerprint density at radius 2 is 2.00 bits per heavy atom. The standard InChI is InChI=1S/C11H15ClFN/c1-7(2)11(14-3)8-5-4-6-9(13)10(8)12/h4-7,11,14H,1-3H3. The van der Waals surface area contributed by atoms with Gasteiger partial charge in [-0.1, -0.05) is 37.6 Å². The van der Waals surface area contributed by atoms with E-state index in [-0.39, 0.29) is 16.9 Å². The lowest BCUT2D eigenvalue weighted by atomic mass is 9.96. The van der Waals surface area contributed by atoms with E-state index in [0.717, 1.165) is 5.56 Å². The molecule has 0 aliphatic rings. The first-order valence-corrected chi connectivity index (χ1v) is 5.07. The van der Waals surface area contributed by atoms with Crippen molar-refractivity contribution in [1.82, 2.24) is 5.32 Å². The Hall–Kier alpha value is -0.600. The van der Waals surface area contributed by atoms with Crippen molar-refractivity contribution in [3.63, 3.8) is 0 Å². The first-order valence-electron chi connectivity index (χ1n) is 4.69. The predicted molar refractivity (Wildman–Crippen MR) is 58.0 cm³/mol. The molecule has 0 saturated heterocycles. The number of hydrogen-bond acceptors (Lipinski definition) is 1. The summed E-state index contributed by atoms with van der Waals surface area (Å²) in [6.07, 6.45) is 0. The van der Waals surface area contributed by atoms with Gasteiger partial charge in [-0.05, 0) is 24.6 Å². The predicted octanol–water partition coefficient (Wildman–Crippen LogP) is 3.40. The number of halogens is 2. The average molecular weight is 216 g/mol. The van der Waals surface area contributed by atoms with E-state index in [2.05, 4.69) is 19.2 Å². The first-order chi connectivity index (χ1) is 6.57. The molecule has 0 radical (unpaired) electrons. The normalized spacial score (nSPS) is 13.3. The van der Waals surface area contributed by atoms with Gasteiger partial charge in [0.2, 0.25) is 0 Å². The second kappa shape index (κ2) is 4.76. The number of benzene rings is 1. The summed E-state index contributed by atoms with van der Waals surface area (Å²) in [7, 11) is 1.85. The quantitative estimate of drug-likeness (QED) is 0.815. The molecule has 0 aliphatic heterocycles. The van der Waals surface area contributed by atoms with Crippen molar-refractivity contribution < 1.29 is 4.39 Å². The van der Waals surface area contributed by atoms with Crippen molar-refractivity contribution in [2.75, 3.05) is 7.05 Å². The number of hydrogen-bond donors (Lipinski definition) is 1. The summed E-state index contributed by atoms with van der Waals surface area (Å²) in [4.78, 5) is 0. The van der Waals surface area contributed by atoms with Crippen LogP contribution in [0.3, 0.4) is 0 Å². The SMILES string of the molecule is CNC(c1cccc(F)c1Cl)C(C)C. The van der Waals surface area contributed by atoms with Crippen LogP contribution in [-0.2, 0) is 0 Å². The Bertz CT molecular complexity index is 312. The summed E-state index contributed by atoms with van der Waals surface area (Å²) in [6, 6.07) is 5.01. The fourth-order valence-corrected chi connectivity index (χ4v) is 1.85. The summed E-state index contributed by atoms with van der Waals surface area (Å²) in [6.45, 7) is 4.14. The first kappa shape index (κ1) is 11.5. The van der Waals surface area contributed by atoms with Crippen LogP contribution in [0.2, 0.25) is 5.02 Å². The molecule has 0 aliphatic carbocycles. The summed E-state index contributed by atoms with van der Waals surface area (Å²) in [5.74, 6) is 0.0179. The summed E-state index contributed by atoms with van der Waals surface area (Å²) < 4.78 is 13.2. The lowest BCUT2D eigenvalue weighted by Gasteiger charge is -2.21. The minimum absolute atomic E-state index is 0.0956. The van der Waals surface area contributed by atoms with Crippen molar-refractivity contribution in [3.8, 4) is 0 Å². The van der Waals surface area contributed by atoms with Gasteiger partial charge in [0.25, 0.3) is 0 Å². The van der Waals surface area contributed by atoms with Gasteiger partial charge in [0.15, 0.2) is 0 Å². The largest absolute Gasteiger partial charge is 0.313 e. The molecule has 0 aromatic heterocycles. The molecule has 1 atom stereocenters. The van der Waals surface area contributed by atoms with Crippen LogP contribution in [0.25, 0.3) is 0 Å². The minimum atomic E-state index is -0.356. The Balaban J connectivity index is 3.10. The third-order valence-electron chi connectivity index (χ3n) is 2.29. The highest BCUT2D eigenvalue weighted by molar-refractivity contribution is 6.31. The number of rotatable bonds is 3. The zero-order valence-electron chi connectivity index (χ0n) is 8.64. The molecule has 1 N–H and O–H groups in total. The molecule has 14 heavy (non-hydrogen) atoms. The Kier molecular flexibility index (Phi) is 3.90. The molecule has 0 saturated carbocycles. The van der Waals surface area contributed by atoms with Crippen LogP contribution in [0, 0.1) is 11.7 Å². The van der Waals surface area contributed by atoms with Gasteiger partial charge in [-0.2, -0.15) is 0 Å². The van der Waals surface area contributed by atoms with Crippen LogP contribution in [0.4, 0.5) is 4.39 Å². The van der Waals surface area contributed by atoms with E-state index in [0.29, 0.717) is 5.92 Å². The molecule has 0 heterocycles. The van der Waals surface area contributed by atoms with Gasteiger partial charge < -0.3 is 5.32 Å². The van der Waals surface area contributed by atoms with Crippen LogP contribution in [0.5, 0.6) is 0 Å². The highest BCUT2D eigenvalue weighted by Gasteiger charge is 2.17. The van der Waals surface area contributed by atoms with E-state index >= 15 is 0 Å². The second-order valence-corrected chi connectivity index (χ2v) is 4.03. The van der Waals surface area contributed by atoms with E-state index in [1.807, 2.05) is 13.1 Å². The molecule has 0 bridgehead atoms. The maximum atomic E-state index is 13.2. The maximum Gasteiger partial charge on any atom is 0.142 e. The molecule has 1 unspecified atom stereocenters. The van der Waals surface area contributed by atoms with E-state index in [4.69, 9.17) is 11.6 Å². The fraction of sp³-hybridized carbons (Fsp3) is 0.455. The van der Waals surface area contributed by atoms with Crippen LogP contribution < -0.4 is 5.32 Å². The van der Waals surface area contributed by atoms with E-state index in [9.17, 15) is 4.39 Å². The molecule has 1 aromatic rings. The Labute approximate surface area is 89.3 Å². The molecule has 0 spiro atoms. The van der Waals surface area contributed by atoms with Crippen molar-refractivity contribution in [2.45, 2.75) is 19.9 Å². The molecule has 3 heteroatoms. The lowest BCUT2D eigenvalue weighted by Crippen LogP contribution is -2.22. The summed E-state index contributed by atoms with van der Waals surface area (Å²) in [5.41, 5.74) is 0.823. The van der Waals surface area contributed by atoms with Gasteiger partial charge in [-0.25, -0.2) is 4.39 Å². The average Bonchev–Trinajstić information content (AvgIpc) is 2.13. The van der Waals surface area contributed by atoms with Crippen LogP contribution in [0.1, 0.15) is 25.5 Å². The summed E-state index contributed by atoms with van der Waals surface area (Å²) in [5, 5.41) is 3.36. The molecule has 0 fully saturated rings. The van der Waals surface area contributed by atoms with Gasteiger partial charge in [-0.15, -0.1) is 0 Å². The van der Waals surface area contributed by atoms with Crippen molar-refractivity contribution >= 4 is 11.6 Å².